The van der Waals surface area contributed by atoms with Crippen molar-refractivity contribution < 1.29 is 24.2 Å². The molecule has 0 radical (unpaired) electrons. The number of para-hydroxylation sites is 1. The Morgan fingerprint density at radius 2 is 2.00 bits per heavy atom. The predicted molar refractivity (Wildman–Crippen MR) is 77.5 cm³/mol. The molecule has 21 heavy (non-hydrogen) atoms. The second-order valence-electron chi connectivity index (χ2n) is 4.38. The molecule has 0 aliphatic rings. The number of nitrogens with one attached hydrogen (secondary N) is 2. The smallest absolute Gasteiger partial charge is 0.319 e. The quantitative estimate of drug-likeness (QED) is 0.667. The summed E-state index contributed by atoms with van der Waals surface area (Å²) in [5.74, 6) is -0.954. The molecule has 116 valence electrons. The molecule has 0 saturated carbocycles. The number of hydrogen-bond acceptors (Lipinski definition) is 4. The summed E-state index contributed by atoms with van der Waals surface area (Å²) in [6, 6.07) is 6.34. The lowest BCUT2D eigenvalue weighted by molar-refractivity contribution is -0.136. The number of carbonyl (C=O) groups excluding carboxylic acids is 1. The maximum absolute atomic E-state index is 11.8. The first kappa shape index (κ1) is 16.9. The number of carbonyl (C=O) groups is 2. The van der Waals surface area contributed by atoms with E-state index < -0.39 is 12.0 Å². The SMILES string of the molecule is COCC(CNC(=O)Nc1ccccc1CC(=O)O)OC. The summed E-state index contributed by atoms with van der Waals surface area (Å²) < 4.78 is 10.1. The van der Waals surface area contributed by atoms with Gasteiger partial charge < -0.3 is 25.2 Å². The van der Waals surface area contributed by atoms with E-state index in [1.54, 1.807) is 31.4 Å². The van der Waals surface area contributed by atoms with Crippen LogP contribution in [0.15, 0.2) is 24.3 Å². The number of anilines is 1. The highest BCUT2D eigenvalue weighted by Gasteiger charge is 2.11. The van der Waals surface area contributed by atoms with Gasteiger partial charge in [-0.1, -0.05) is 18.2 Å². The Kier molecular flexibility index (Phi) is 7.20. The summed E-state index contributed by atoms with van der Waals surface area (Å²) in [7, 11) is 3.08. The number of rotatable bonds is 8. The lowest BCUT2D eigenvalue weighted by atomic mass is 10.1. The maximum Gasteiger partial charge on any atom is 0.319 e. The van der Waals surface area contributed by atoms with Crippen molar-refractivity contribution in [3.05, 3.63) is 29.8 Å². The number of hydrogen-bond donors (Lipinski definition) is 3. The van der Waals surface area contributed by atoms with Crippen molar-refractivity contribution in [2.75, 3.05) is 32.7 Å². The van der Waals surface area contributed by atoms with Crippen LogP contribution in [-0.4, -0.2) is 50.6 Å². The molecule has 1 atom stereocenters. The third kappa shape index (κ3) is 6.24. The van der Waals surface area contributed by atoms with E-state index in [1.807, 2.05) is 0 Å². The number of carboxylic acids is 1. The number of benzene rings is 1. The fourth-order valence-electron chi connectivity index (χ4n) is 1.73. The minimum atomic E-state index is -0.954. The molecule has 0 saturated heterocycles. The van der Waals surface area contributed by atoms with Gasteiger partial charge in [0, 0.05) is 26.5 Å². The topological polar surface area (TPSA) is 96.9 Å². The second-order valence-corrected chi connectivity index (χ2v) is 4.38. The predicted octanol–water partition coefficient (Wildman–Crippen LogP) is 1.10. The Labute approximate surface area is 123 Å². The van der Waals surface area contributed by atoms with Crippen LogP contribution in [0.5, 0.6) is 0 Å². The molecule has 0 aromatic heterocycles. The first-order chi connectivity index (χ1) is 10.1. The van der Waals surface area contributed by atoms with E-state index in [-0.39, 0.29) is 19.1 Å². The minimum Gasteiger partial charge on any atom is -0.481 e. The summed E-state index contributed by atoms with van der Waals surface area (Å²) in [4.78, 5) is 22.6. The highest BCUT2D eigenvalue weighted by atomic mass is 16.5. The molecular weight excluding hydrogens is 276 g/mol. The highest BCUT2D eigenvalue weighted by Crippen LogP contribution is 2.15. The van der Waals surface area contributed by atoms with E-state index >= 15 is 0 Å². The zero-order chi connectivity index (χ0) is 15.7. The first-order valence-electron chi connectivity index (χ1n) is 6.43. The molecule has 0 spiro atoms. The Morgan fingerprint density at radius 3 is 2.62 bits per heavy atom. The van der Waals surface area contributed by atoms with Crippen molar-refractivity contribution in [3.8, 4) is 0 Å². The number of amides is 2. The largest absolute Gasteiger partial charge is 0.481 e. The molecule has 1 unspecified atom stereocenters. The van der Waals surface area contributed by atoms with Gasteiger partial charge in [-0.3, -0.25) is 4.79 Å². The van der Waals surface area contributed by atoms with Gasteiger partial charge in [0.05, 0.1) is 19.1 Å². The lowest BCUT2D eigenvalue weighted by Crippen LogP contribution is -2.38. The third-order valence-corrected chi connectivity index (χ3v) is 2.78. The van der Waals surface area contributed by atoms with Crippen LogP contribution in [0.4, 0.5) is 10.5 Å². The van der Waals surface area contributed by atoms with Gasteiger partial charge in [-0.15, -0.1) is 0 Å². The lowest BCUT2D eigenvalue weighted by Gasteiger charge is -2.16. The Hall–Kier alpha value is -2.12. The zero-order valence-corrected chi connectivity index (χ0v) is 12.1. The van der Waals surface area contributed by atoms with Crippen molar-refractivity contribution in [3.63, 3.8) is 0 Å². The first-order valence-corrected chi connectivity index (χ1v) is 6.43. The molecule has 3 N–H and O–H groups in total. The molecule has 0 aliphatic heterocycles. The fourth-order valence-corrected chi connectivity index (χ4v) is 1.73. The van der Waals surface area contributed by atoms with Crippen LogP contribution in [0, 0.1) is 0 Å². The Morgan fingerprint density at radius 1 is 1.29 bits per heavy atom. The van der Waals surface area contributed by atoms with Gasteiger partial charge in [-0.25, -0.2) is 4.79 Å². The van der Waals surface area contributed by atoms with Crippen molar-refractivity contribution in [2.24, 2.45) is 0 Å². The van der Waals surface area contributed by atoms with Gasteiger partial charge in [0.25, 0.3) is 0 Å². The van der Waals surface area contributed by atoms with E-state index in [4.69, 9.17) is 14.6 Å². The number of carboxylic acid groups (broad SMARTS) is 1. The molecule has 2 amide bonds. The van der Waals surface area contributed by atoms with Crippen LogP contribution in [0.2, 0.25) is 0 Å². The molecule has 1 rings (SSSR count). The molecule has 0 heterocycles. The van der Waals surface area contributed by atoms with Crippen LogP contribution in [0.25, 0.3) is 0 Å². The van der Waals surface area contributed by atoms with Crippen molar-refractivity contribution in [1.29, 1.82) is 0 Å². The summed E-state index contributed by atoms with van der Waals surface area (Å²) in [5.41, 5.74) is 1.01. The molecule has 7 heteroatoms. The van der Waals surface area contributed by atoms with E-state index in [9.17, 15) is 9.59 Å². The second kappa shape index (κ2) is 8.93. The Balaban J connectivity index is 2.56. The van der Waals surface area contributed by atoms with Gasteiger partial charge in [-0.05, 0) is 11.6 Å². The average Bonchev–Trinajstić information content (AvgIpc) is 2.45. The average molecular weight is 296 g/mol. The zero-order valence-electron chi connectivity index (χ0n) is 12.1. The third-order valence-electron chi connectivity index (χ3n) is 2.78. The van der Waals surface area contributed by atoms with E-state index in [0.717, 1.165) is 0 Å². The Bertz CT molecular complexity index is 478. The van der Waals surface area contributed by atoms with Crippen LogP contribution >= 0.6 is 0 Å². The molecule has 0 fully saturated rings. The molecule has 1 aromatic carbocycles. The number of methoxy groups -OCH3 is 2. The van der Waals surface area contributed by atoms with Crippen LogP contribution in [-0.2, 0) is 20.7 Å². The van der Waals surface area contributed by atoms with Crippen LogP contribution < -0.4 is 10.6 Å². The monoisotopic (exact) mass is 296 g/mol. The highest BCUT2D eigenvalue weighted by molar-refractivity contribution is 5.90. The maximum atomic E-state index is 11.8. The van der Waals surface area contributed by atoms with E-state index in [1.165, 1.54) is 7.11 Å². The molecule has 0 bridgehead atoms. The van der Waals surface area contributed by atoms with E-state index in [2.05, 4.69) is 10.6 Å². The number of aliphatic carboxylic acids is 1. The van der Waals surface area contributed by atoms with Crippen LogP contribution in [0.3, 0.4) is 0 Å². The summed E-state index contributed by atoms with van der Waals surface area (Å²) in [5, 5.41) is 14.1. The minimum absolute atomic E-state index is 0.152. The molecule has 1 aromatic rings. The van der Waals surface area contributed by atoms with Gasteiger partial charge >= 0.3 is 12.0 Å². The molecule has 7 nitrogen and oxygen atoms in total. The van der Waals surface area contributed by atoms with Gasteiger partial charge in [0.1, 0.15) is 0 Å². The van der Waals surface area contributed by atoms with Crippen molar-refractivity contribution >= 4 is 17.7 Å². The fraction of sp³-hybridized carbons (Fsp3) is 0.429. The normalized spacial score (nSPS) is 11.7. The summed E-state index contributed by atoms with van der Waals surface area (Å²) in [6.45, 7) is 0.656. The van der Waals surface area contributed by atoms with Crippen LogP contribution in [0.1, 0.15) is 5.56 Å². The summed E-state index contributed by atoms with van der Waals surface area (Å²) >= 11 is 0. The number of ether oxygens (including phenoxy) is 2. The summed E-state index contributed by atoms with van der Waals surface area (Å²) in [6.07, 6.45) is -0.393. The van der Waals surface area contributed by atoms with Gasteiger partial charge in [0.2, 0.25) is 0 Å². The number of urea groups is 1. The van der Waals surface area contributed by atoms with Gasteiger partial charge in [0.15, 0.2) is 0 Å². The van der Waals surface area contributed by atoms with Gasteiger partial charge in [-0.2, -0.15) is 0 Å². The standard InChI is InChI=1S/C14H20N2O5/c1-20-9-11(21-2)8-15-14(19)16-12-6-4-3-5-10(12)7-13(17)18/h3-6,11H,7-9H2,1-2H3,(H,17,18)(H2,15,16,19). The van der Waals surface area contributed by atoms with Crippen molar-refractivity contribution in [1.82, 2.24) is 5.32 Å². The molecule has 0 aliphatic carbocycles. The van der Waals surface area contributed by atoms with E-state index in [0.29, 0.717) is 17.9 Å². The van der Waals surface area contributed by atoms with Crippen molar-refractivity contribution in [2.45, 2.75) is 12.5 Å². The molecular formula is C14H20N2O5.